The second-order valence-corrected chi connectivity index (χ2v) is 13.1. The standard InChI is InChI=1S/C28H32N4O4S2/c1-18(2)36-26-9-6-19(14-20(26)15-29)28-30-16-27(37-28)24-5-3-4-23-22(24)7-8-25(23)31-38(34,35)13-12-32-11-10-21(33)17-32/h3-6,9,14,16,18,21,25,31,33H,7-8,10-13,17H2,1-2H3/t21-,25-/m0/s1. The lowest BCUT2D eigenvalue weighted by atomic mass is 10.0. The normalized spacial score (nSPS) is 19.6. The largest absolute Gasteiger partial charge is 0.490 e. The number of benzene rings is 2. The summed E-state index contributed by atoms with van der Waals surface area (Å²) in [5.74, 6) is 0.588. The molecule has 0 radical (unpaired) electrons. The fourth-order valence-electron chi connectivity index (χ4n) is 5.19. The Morgan fingerprint density at radius 1 is 1.29 bits per heavy atom. The van der Waals surface area contributed by atoms with Gasteiger partial charge in [0, 0.05) is 37.4 Å². The van der Waals surface area contributed by atoms with Crippen molar-refractivity contribution in [1.82, 2.24) is 14.6 Å². The molecule has 2 heterocycles. The van der Waals surface area contributed by atoms with E-state index in [4.69, 9.17) is 4.74 Å². The molecule has 0 unspecified atom stereocenters. The summed E-state index contributed by atoms with van der Waals surface area (Å²) >= 11 is 1.55. The van der Waals surface area contributed by atoms with Gasteiger partial charge in [0.05, 0.1) is 28.4 Å². The van der Waals surface area contributed by atoms with E-state index in [1.165, 1.54) is 0 Å². The molecular weight excluding hydrogens is 520 g/mol. The van der Waals surface area contributed by atoms with E-state index in [1.54, 1.807) is 11.3 Å². The van der Waals surface area contributed by atoms with Crippen LogP contribution in [-0.2, 0) is 16.4 Å². The number of aliphatic hydroxyl groups is 1. The summed E-state index contributed by atoms with van der Waals surface area (Å²) in [6.07, 6.45) is 3.66. The first-order chi connectivity index (χ1) is 18.2. The molecule has 38 heavy (non-hydrogen) atoms. The minimum Gasteiger partial charge on any atom is -0.490 e. The summed E-state index contributed by atoms with van der Waals surface area (Å²) in [6, 6.07) is 13.5. The highest BCUT2D eigenvalue weighted by Gasteiger charge is 2.30. The molecule has 1 aliphatic heterocycles. The van der Waals surface area contributed by atoms with Crippen LogP contribution in [0.15, 0.2) is 42.6 Å². The van der Waals surface area contributed by atoms with Crippen LogP contribution in [0.1, 0.15) is 49.4 Å². The van der Waals surface area contributed by atoms with E-state index in [1.807, 2.05) is 55.3 Å². The van der Waals surface area contributed by atoms with Crippen LogP contribution in [0.4, 0.5) is 0 Å². The van der Waals surface area contributed by atoms with Gasteiger partial charge in [0.1, 0.15) is 16.8 Å². The van der Waals surface area contributed by atoms with Crippen LogP contribution in [0.25, 0.3) is 21.0 Å². The van der Waals surface area contributed by atoms with Gasteiger partial charge in [-0.2, -0.15) is 5.26 Å². The average molecular weight is 553 g/mol. The molecule has 0 bridgehead atoms. The smallest absolute Gasteiger partial charge is 0.213 e. The molecule has 2 N–H and O–H groups in total. The molecule has 0 amide bonds. The van der Waals surface area contributed by atoms with Crippen molar-refractivity contribution in [2.24, 2.45) is 0 Å². The van der Waals surface area contributed by atoms with Crippen molar-refractivity contribution in [2.75, 3.05) is 25.4 Å². The molecule has 3 aromatic rings. The van der Waals surface area contributed by atoms with Gasteiger partial charge < -0.3 is 9.84 Å². The first-order valence-corrected chi connectivity index (χ1v) is 15.4. The van der Waals surface area contributed by atoms with Gasteiger partial charge in [-0.3, -0.25) is 4.90 Å². The Bertz CT molecular complexity index is 1460. The van der Waals surface area contributed by atoms with Crippen molar-refractivity contribution in [3.63, 3.8) is 0 Å². The molecule has 1 aliphatic carbocycles. The number of likely N-dealkylation sites (tertiary alicyclic amines) is 1. The SMILES string of the molecule is CC(C)Oc1ccc(-c2ncc(-c3cccc4c3CC[C@@H]4NS(=O)(=O)CCN3CC[C@H](O)C3)s2)cc1C#N. The van der Waals surface area contributed by atoms with E-state index < -0.39 is 10.0 Å². The number of hydrogen-bond donors (Lipinski definition) is 2. The first kappa shape index (κ1) is 26.8. The van der Waals surface area contributed by atoms with Crippen LogP contribution in [0.5, 0.6) is 5.75 Å². The van der Waals surface area contributed by atoms with E-state index in [9.17, 15) is 18.8 Å². The molecule has 2 atom stereocenters. The van der Waals surface area contributed by atoms with Crippen molar-refractivity contribution in [1.29, 1.82) is 5.26 Å². The monoisotopic (exact) mass is 552 g/mol. The van der Waals surface area contributed by atoms with Gasteiger partial charge in [-0.15, -0.1) is 11.3 Å². The lowest BCUT2D eigenvalue weighted by molar-refractivity contribution is 0.178. The minimum absolute atomic E-state index is 0.0213. The lowest BCUT2D eigenvalue weighted by Crippen LogP contribution is -2.35. The number of β-amino-alcohol motifs (C(OH)–C–C–N with tert-alkyl or cyclic N) is 1. The number of nitrogens with zero attached hydrogens (tertiary/aromatic N) is 3. The highest BCUT2D eigenvalue weighted by atomic mass is 32.2. The molecule has 5 rings (SSSR count). The van der Waals surface area contributed by atoms with E-state index in [2.05, 4.69) is 21.8 Å². The Morgan fingerprint density at radius 3 is 2.87 bits per heavy atom. The fourth-order valence-corrected chi connectivity index (χ4v) is 7.45. The van der Waals surface area contributed by atoms with Gasteiger partial charge in [0.25, 0.3) is 0 Å². The number of hydrogen-bond acceptors (Lipinski definition) is 8. The van der Waals surface area contributed by atoms with E-state index in [0.29, 0.717) is 37.2 Å². The predicted molar refractivity (Wildman–Crippen MR) is 149 cm³/mol. The van der Waals surface area contributed by atoms with Gasteiger partial charge in [0.2, 0.25) is 10.0 Å². The quantitative estimate of drug-likeness (QED) is 0.410. The maximum Gasteiger partial charge on any atom is 0.213 e. The van der Waals surface area contributed by atoms with Crippen molar-refractivity contribution in [3.05, 3.63) is 59.3 Å². The first-order valence-electron chi connectivity index (χ1n) is 12.9. The summed E-state index contributed by atoms with van der Waals surface area (Å²) in [5.41, 5.74) is 4.57. The Balaban J connectivity index is 1.32. The van der Waals surface area contributed by atoms with Gasteiger partial charge in [-0.25, -0.2) is 18.1 Å². The number of rotatable bonds is 9. The van der Waals surface area contributed by atoms with Crippen LogP contribution in [0.2, 0.25) is 0 Å². The molecule has 2 aliphatic rings. The number of sulfonamides is 1. The van der Waals surface area contributed by atoms with E-state index in [-0.39, 0.29) is 24.0 Å². The highest BCUT2D eigenvalue weighted by molar-refractivity contribution is 7.89. The van der Waals surface area contributed by atoms with Crippen molar-refractivity contribution >= 4 is 21.4 Å². The summed E-state index contributed by atoms with van der Waals surface area (Å²) < 4.78 is 34.3. The fraction of sp³-hybridized carbons (Fsp3) is 0.429. The van der Waals surface area contributed by atoms with Crippen molar-refractivity contribution in [2.45, 2.75) is 51.4 Å². The number of ether oxygens (including phenoxy) is 1. The predicted octanol–water partition coefficient (Wildman–Crippen LogP) is 4.11. The number of thiazole rings is 1. The van der Waals surface area contributed by atoms with Crippen LogP contribution >= 0.6 is 11.3 Å². The summed E-state index contributed by atoms with van der Waals surface area (Å²) in [7, 11) is -3.46. The van der Waals surface area contributed by atoms with Crippen LogP contribution in [-0.4, -0.2) is 61.0 Å². The number of aliphatic hydroxyl groups excluding tert-OH is 1. The summed E-state index contributed by atoms with van der Waals surface area (Å²) in [6.45, 7) is 5.55. The lowest BCUT2D eigenvalue weighted by Gasteiger charge is -2.18. The zero-order valence-corrected chi connectivity index (χ0v) is 23.2. The second kappa shape index (κ2) is 11.1. The minimum atomic E-state index is -3.46. The number of fused-ring (bicyclic) bond motifs is 1. The molecule has 8 nitrogen and oxygen atoms in total. The molecule has 200 valence electrons. The molecule has 10 heteroatoms. The maximum absolute atomic E-state index is 12.8. The van der Waals surface area contributed by atoms with Gasteiger partial charge in [-0.05, 0) is 68.0 Å². The summed E-state index contributed by atoms with van der Waals surface area (Å²) in [4.78, 5) is 7.64. The molecule has 1 fully saturated rings. The molecule has 1 aromatic heterocycles. The zero-order valence-electron chi connectivity index (χ0n) is 21.6. The van der Waals surface area contributed by atoms with Gasteiger partial charge in [-0.1, -0.05) is 18.2 Å². The van der Waals surface area contributed by atoms with Crippen molar-refractivity contribution in [3.8, 4) is 32.8 Å². The van der Waals surface area contributed by atoms with Crippen molar-refractivity contribution < 1.29 is 18.3 Å². The van der Waals surface area contributed by atoms with Crippen LogP contribution < -0.4 is 9.46 Å². The third-order valence-electron chi connectivity index (χ3n) is 7.00. The molecule has 1 saturated heterocycles. The average Bonchev–Trinajstić information content (AvgIpc) is 3.63. The number of aromatic nitrogens is 1. The topological polar surface area (TPSA) is 116 Å². The van der Waals surface area contributed by atoms with Gasteiger partial charge >= 0.3 is 0 Å². The third kappa shape index (κ3) is 5.92. The zero-order chi connectivity index (χ0) is 26.9. The summed E-state index contributed by atoms with van der Waals surface area (Å²) in [5, 5.41) is 20.1. The Hall–Kier alpha value is -2.81. The Kier molecular flexibility index (Phi) is 7.84. The Morgan fingerprint density at radius 2 is 2.13 bits per heavy atom. The second-order valence-electron chi connectivity index (χ2n) is 10.2. The number of nitrogens with one attached hydrogen (secondary N) is 1. The van der Waals surface area contributed by atoms with Crippen LogP contribution in [0.3, 0.4) is 0 Å². The van der Waals surface area contributed by atoms with E-state index in [0.717, 1.165) is 45.1 Å². The molecular formula is C28H32N4O4S2. The van der Waals surface area contributed by atoms with Gasteiger partial charge in [0.15, 0.2) is 0 Å². The molecule has 0 saturated carbocycles. The molecule has 2 aromatic carbocycles. The molecule has 0 spiro atoms. The van der Waals surface area contributed by atoms with Crippen LogP contribution in [0, 0.1) is 11.3 Å². The van der Waals surface area contributed by atoms with E-state index >= 15 is 0 Å². The highest BCUT2D eigenvalue weighted by Crippen LogP contribution is 2.41. The maximum atomic E-state index is 12.8. The number of nitriles is 1. The Labute approximate surface area is 228 Å². The third-order valence-corrected chi connectivity index (χ3v) is 9.44.